The molecule has 0 amide bonds. The number of nitrogens with zero attached hydrogens (tertiary/aromatic N) is 2. The summed E-state index contributed by atoms with van der Waals surface area (Å²) in [6.07, 6.45) is 0. The van der Waals surface area contributed by atoms with Crippen molar-refractivity contribution in [2.24, 2.45) is 0 Å². The van der Waals surface area contributed by atoms with Crippen molar-refractivity contribution in [3.8, 4) is 17.0 Å². The molecule has 0 bridgehead atoms. The molecule has 0 saturated carbocycles. The molecule has 2 N–H and O–H groups in total. The number of nitrogens with two attached hydrogens (primary N) is 1. The molecule has 80 valence electrons. The minimum absolute atomic E-state index is 0.514. The molecule has 0 aliphatic rings. The van der Waals surface area contributed by atoms with Crippen molar-refractivity contribution in [1.82, 2.24) is 4.98 Å². The number of anilines is 1. The maximum atomic E-state index is 8.64. The van der Waals surface area contributed by atoms with Crippen LogP contribution in [-0.4, -0.2) is 4.98 Å². The summed E-state index contributed by atoms with van der Waals surface area (Å²) in [4.78, 5) is 4.15. The summed E-state index contributed by atoms with van der Waals surface area (Å²) < 4.78 is 5.50. The summed E-state index contributed by atoms with van der Waals surface area (Å²) in [6, 6.07) is 8.89. The van der Waals surface area contributed by atoms with E-state index in [9.17, 15) is 0 Å². The minimum atomic E-state index is 0.514. The van der Waals surface area contributed by atoms with Crippen molar-refractivity contribution in [3.05, 3.63) is 35.5 Å². The fourth-order valence-corrected chi connectivity index (χ4v) is 1.83. The molecule has 4 nitrogen and oxygen atoms in total. The van der Waals surface area contributed by atoms with Crippen molar-refractivity contribution in [1.29, 1.82) is 5.26 Å². The Hall–Kier alpha value is -2.06. The van der Waals surface area contributed by atoms with Crippen molar-refractivity contribution in [3.63, 3.8) is 0 Å². The molecule has 0 aliphatic carbocycles. The first-order valence-corrected chi connectivity index (χ1v) is 5.41. The lowest BCUT2D eigenvalue weighted by Crippen LogP contribution is -1.84. The van der Waals surface area contributed by atoms with Crippen molar-refractivity contribution >= 4 is 16.3 Å². The van der Waals surface area contributed by atoms with E-state index in [1.807, 2.05) is 13.0 Å². The van der Waals surface area contributed by atoms with E-state index in [1.165, 1.54) is 11.3 Å². The third-order valence-electron chi connectivity index (χ3n) is 2.00. The average Bonchev–Trinajstić information content (AvgIpc) is 2.59. The van der Waals surface area contributed by atoms with Crippen LogP contribution in [0.2, 0.25) is 0 Å². The van der Waals surface area contributed by atoms with Gasteiger partial charge in [-0.25, -0.2) is 4.98 Å². The Balaban J connectivity index is 2.18. The molecule has 0 saturated heterocycles. The Labute approximate surface area is 96.9 Å². The van der Waals surface area contributed by atoms with Crippen LogP contribution in [0.1, 0.15) is 11.3 Å². The monoisotopic (exact) mass is 231 g/mol. The second-order valence-electron chi connectivity index (χ2n) is 3.17. The highest BCUT2D eigenvalue weighted by molar-refractivity contribution is 7.17. The molecule has 1 aromatic carbocycles. The number of rotatable bonds is 2. The van der Waals surface area contributed by atoms with Crippen LogP contribution in [0.5, 0.6) is 10.9 Å². The van der Waals surface area contributed by atoms with Gasteiger partial charge in [0.25, 0.3) is 5.19 Å². The zero-order valence-electron chi connectivity index (χ0n) is 8.60. The van der Waals surface area contributed by atoms with Gasteiger partial charge in [-0.1, -0.05) is 11.3 Å². The summed E-state index contributed by atoms with van der Waals surface area (Å²) in [5, 5.41) is 9.81. The van der Waals surface area contributed by atoms with Crippen LogP contribution in [0.15, 0.2) is 24.3 Å². The number of nitrogen functional groups attached to an aromatic ring is 1. The largest absolute Gasteiger partial charge is 0.431 e. The average molecular weight is 231 g/mol. The molecule has 0 aliphatic heterocycles. The summed E-state index contributed by atoms with van der Waals surface area (Å²) >= 11 is 1.30. The molecule has 0 radical (unpaired) electrons. The third-order valence-corrected chi connectivity index (χ3v) is 2.87. The van der Waals surface area contributed by atoms with Crippen LogP contribution < -0.4 is 10.5 Å². The van der Waals surface area contributed by atoms with Gasteiger partial charge in [0.1, 0.15) is 10.8 Å². The highest BCUT2D eigenvalue weighted by Crippen LogP contribution is 2.30. The molecule has 1 heterocycles. The summed E-state index contributed by atoms with van der Waals surface area (Å²) in [6.45, 7) is 1.83. The fraction of sp³-hybridized carbons (Fsp3) is 0.0909. The van der Waals surface area contributed by atoms with E-state index in [2.05, 4.69) is 4.98 Å². The van der Waals surface area contributed by atoms with Gasteiger partial charge in [0, 0.05) is 0 Å². The normalized spacial score (nSPS) is 9.75. The molecular weight excluding hydrogens is 222 g/mol. The Morgan fingerprint density at radius 1 is 1.38 bits per heavy atom. The highest BCUT2D eigenvalue weighted by Gasteiger charge is 2.06. The van der Waals surface area contributed by atoms with E-state index in [0.29, 0.717) is 21.5 Å². The molecule has 2 rings (SSSR count). The quantitative estimate of drug-likeness (QED) is 0.862. The van der Waals surface area contributed by atoms with Gasteiger partial charge in [0.05, 0.1) is 17.3 Å². The molecular formula is C11H9N3OS. The first-order chi connectivity index (χ1) is 7.69. The van der Waals surface area contributed by atoms with Gasteiger partial charge < -0.3 is 10.5 Å². The van der Waals surface area contributed by atoms with Crippen LogP contribution in [0.3, 0.4) is 0 Å². The number of ether oxygens (including phenoxy) is 1. The zero-order chi connectivity index (χ0) is 11.5. The van der Waals surface area contributed by atoms with Crippen LogP contribution in [0, 0.1) is 18.3 Å². The van der Waals surface area contributed by atoms with Crippen molar-refractivity contribution in [2.45, 2.75) is 6.92 Å². The third kappa shape index (κ3) is 2.12. The lowest BCUT2D eigenvalue weighted by molar-refractivity contribution is 0.478. The highest BCUT2D eigenvalue weighted by atomic mass is 32.1. The van der Waals surface area contributed by atoms with E-state index in [-0.39, 0.29) is 0 Å². The Kier molecular flexibility index (Phi) is 2.75. The van der Waals surface area contributed by atoms with E-state index in [0.717, 1.165) is 5.69 Å². The van der Waals surface area contributed by atoms with Gasteiger partial charge in [-0.2, -0.15) is 5.26 Å². The lowest BCUT2D eigenvalue weighted by Gasteiger charge is -2.00. The molecule has 5 heteroatoms. The van der Waals surface area contributed by atoms with Crippen LogP contribution in [-0.2, 0) is 0 Å². The number of hydrogen-bond acceptors (Lipinski definition) is 5. The van der Waals surface area contributed by atoms with Crippen molar-refractivity contribution < 1.29 is 4.74 Å². The van der Waals surface area contributed by atoms with Gasteiger partial charge >= 0.3 is 0 Å². The van der Waals surface area contributed by atoms with Crippen LogP contribution in [0.25, 0.3) is 0 Å². The number of thiazole rings is 1. The number of benzene rings is 1. The van der Waals surface area contributed by atoms with Gasteiger partial charge in [-0.3, -0.25) is 0 Å². The molecule has 0 fully saturated rings. The topological polar surface area (TPSA) is 71.9 Å². The number of aromatic nitrogens is 1. The van der Waals surface area contributed by atoms with E-state index in [4.69, 9.17) is 15.7 Å². The van der Waals surface area contributed by atoms with E-state index in [1.54, 1.807) is 24.3 Å². The SMILES string of the molecule is Cc1nc(Oc2ccc(C#N)cc2)sc1N. The maximum absolute atomic E-state index is 8.64. The fourth-order valence-electron chi connectivity index (χ4n) is 1.12. The zero-order valence-corrected chi connectivity index (χ0v) is 9.41. The maximum Gasteiger partial charge on any atom is 0.280 e. The van der Waals surface area contributed by atoms with E-state index < -0.39 is 0 Å². The molecule has 0 unspecified atom stereocenters. The van der Waals surface area contributed by atoms with Gasteiger partial charge in [-0.05, 0) is 31.2 Å². The molecule has 2 aromatic rings. The van der Waals surface area contributed by atoms with Crippen LogP contribution in [0.4, 0.5) is 5.00 Å². The predicted octanol–water partition coefficient (Wildman–Crippen LogP) is 2.70. The second kappa shape index (κ2) is 4.21. The van der Waals surface area contributed by atoms with Crippen molar-refractivity contribution in [2.75, 3.05) is 5.73 Å². The Morgan fingerprint density at radius 2 is 2.06 bits per heavy atom. The predicted molar refractivity (Wildman–Crippen MR) is 62.5 cm³/mol. The molecule has 0 spiro atoms. The standard InChI is InChI=1S/C11H9N3OS/c1-7-10(13)16-11(14-7)15-9-4-2-8(6-12)3-5-9/h2-5H,13H2,1H3. The first kappa shape index (κ1) is 10.5. The Morgan fingerprint density at radius 3 is 2.56 bits per heavy atom. The Bertz CT molecular complexity index is 520. The van der Waals surface area contributed by atoms with Gasteiger partial charge in [0.2, 0.25) is 0 Å². The summed E-state index contributed by atoms with van der Waals surface area (Å²) in [5.41, 5.74) is 7.04. The minimum Gasteiger partial charge on any atom is -0.431 e. The molecule has 16 heavy (non-hydrogen) atoms. The lowest BCUT2D eigenvalue weighted by atomic mass is 10.2. The van der Waals surface area contributed by atoms with Gasteiger partial charge in [-0.15, -0.1) is 0 Å². The molecule has 1 aromatic heterocycles. The van der Waals surface area contributed by atoms with E-state index >= 15 is 0 Å². The number of hydrogen-bond donors (Lipinski definition) is 1. The van der Waals surface area contributed by atoms with Crippen LogP contribution >= 0.6 is 11.3 Å². The second-order valence-corrected chi connectivity index (χ2v) is 4.16. The van der Waals surface area contributed by atoms with Gasteiger partial charge in [0.15, 0.2) is 0 Å². The first-order valence-electron chi connectivity index (χ1n) is 4.60. The smallest absolute Gasteiger partial charge is 0.280 e. The summed E-state index contributed by atoms with van der Waals surface area (Å²) in [5.74, 6) is 0.646. The molecule has 0 atom stereocenters. The number of aryl methyl sites for hydroxylation is 1. The summed E-state index contributed by atoms with van der Waals surface area (Å²) in [7, 11) is 0. The number of nitriles is 1.